The minimum Gasteiger partial charge on any atom is -0.424 e. The third-order valence-electron chi connectivity index (χ3n) is 2.95. The van der Waals surface area contributed by atoms with Crippen LogP contribution in [-0.2, 0) is 9.53 Å². The number of carbonyl (C=O) groups excluding carboxylic acids is 1. The third-order valence-corrected chi connectivity index (χ3v) is 2.95. The second kappa shape index (κ2) is 7.90. The van der Waals surface area contributed by atoms with E-state index in [0.717, 1.165) is 0 Å². The average molecular weight is 295 g/mol. The SMILES string of the molecule is C=CC=C(c1ccccn1)C(OC)C(=O)Oc1ccccc1. The summed E-state index contributed by atoms with van der Waals surface area (Å²) in [6.45, 7) is 3.67. The quantitative estimate of drug-likeness (QED) is 0.466. The zero-order valence-electron chi connectivity index (χ0n) is 12.3. The first-order valence-electron chi connectivity index (χ1n) is 6.80. The molecule has 2 rings (SSSR count). The molecule has 0 aliphatic heterocycles. The molecule has 0 bridgehead atoms. The predicted molar refractivity (Wildman–Crippen MR) is 85.3 cm³/mol. The maximum Gasteiger partial charge on any atom is 0.345 e. The van der Waals surface area contributed by atoms with Crippen molar-refractivity contribution < 1.29 is 14.3 Å². The van der Waals surface area contributed by atoms with Crippen molar-refractivity contribution >= 4 is 11.5 Å². The molecule has 0 amide bonds. The van der Waals surface area contributed by atoms with E-state index in [9.17, 15) is 4.79 Å². The van der Waals surface area contributed by atoms with Crippen molar-refractivity contribution in [3.05, 3.63) is 79.2 Å². The first-order chi connectivity index (χ1) is 10.8. The number of carbonyl (C=O) groups is 1. The number of rotatable bonds is 6. The van der Waals surface area contributed by atoms with Crippen LogP contribution in [0.3, 0.4) is 0 Å². The van der Waals surface area contributed by atoms with Gasteiger partial charge in [-0.2, -0.15) is 0 Å². The van der Waals surface area contributed by atoms with Gasteiger partial charge in [0, 0.05) is 18.9 Å². The van der Waals surface area contributed by atoms with E-state index in [0.29, 0.717) is 17.0 Å². The van der Waals surface area contributed by atoms with Crippen LogP contribution in [-0.4, -0.2) is 24.2 Å². The molecule has 1 atom stereocenters. The molecule has 0 radical (unpaired) electrons. The molecule has 0 N–H and O–H groups in total. The van der Waals surface area contributed by atoms with Gasteiger partial charge in [0.1, 0.15) is 5.75 Å². The van der Waals surface area contributed by atoms with Crippen LogP contribution in [0.1, 0.15) is 5.69 Å². The number of hydrogen-bond acceptors (Lipinski definition) is 4. The van der Waals surface area contributed by atoms with Gasteiger partial charge in [-0.3, -0.25) is 4.98 Å². The lowest BCUT2D eigenvalue weighted by atomic mass is 10.0. The van der Waals surface area contributed by atoms with Crippen LogP contribution < -0.4 is 4.74 Å². The molecule has 0 saturated heterocycles. The summed E-state index contributed by atoms with van der Waals surface area (Å²) in [6.07, 6.45) is 4.06. The van der Waals surface area contributed by atoms with Crippen LogP contribution in [0.4, 0.5) is 0 Å². The van der Waals surface area contributed by atoms with Crippen molar-refractivity contribution in [1.29, 1.82) is 0 Å². The van der Waals surface area contributed by atoms with E-state index >= 15 is 0 Å². The molecule has 4 nitrogen and oxygen atoms in total. The predicted octanol–water partition coefficient (Wildman–Crippen LogP) is 3.27. The molecule has 1 aromatic carbocycles. The van der Waals surface area contributed by atoms with Crippen molar-refractivity contribution in [1.82, 2.24) is 4.98 Å². The second-order valence-electron chi connectivity index (χ2n) is 4.42. The molecular formula is C18H17NO3. The highest BCUT2D eigenvalue weighted by molar-refractivity contribution is 5.92. The minimum absolute atomic E-state index is 0.466. The number of pyridine rings is 1. The Hall–Kier alpha value is -2.72. The Balaban J connectivity index is 2.26. The number of esters is 1. The molecule has 112 valence electrons. The summed E-state index contributed by atoms with van der Waals surface area (Å²) in [5, 5.41) is 0. The van der Waals surface area contributed by atoms with Gasteiger partial charge in [-0.05, 0) is 24.3 Å². The summed E-state index contributed by atoms with van der Waals surface area (Å²) in [7, 11) is 1.46. The number of methoxy groups -OCH3 is 1. The van der Waals surface area contributed by atoms with Crippen molar-refractivity contribution in [2.24, 2.45) is 0 Å². The number of aromatic nitrogens is 1. The fraction of sp³-hybridized carbons (Fsp3) is 0.111. The summed E-state index contributed by atoms with van der Waals surface area (Å²) in [4.78, 5) is 16.6. The first kappa shape index (κ1) is 15.7. The Bertz CT molecular complexity index is 651. The van der Waals surface area contributed by atoms with E-state index < -0.39 is 12.1 Å². The van der Waals surface area contributed by atoms with Crippen LogP contribution in [0.2, 0.25) is 0 Å². The molecule has 1 unspecified atom stereocenters. The van der Waals surface area contributed by atoms with Gasteiger partial charge in [0.2, 0.25) is 0 Å². The van der Waals surface area contributed by atoms with Crippen molar-refractivity contribution in [2.75, 3.05) is 7.11 Å². The van der Waals surface area contributed by atoms with E-state index in [1.54, 1.807) is 54.7 Å². The van der Waals surface area contributed by atoms with Crippen LogP contribution in [0.25, 0.3) is 5.57 Å². The third kappa shape index (κ3) is 3.90. The Labute approximate surface area is 129 Å². The van der Waals surface area contributed by atoms with Crippen LogP contribution in [0.5, 0.6) is 5.75 Å². The maximum atomic E-state index is 12.4. The molecule has 0 fully saturated rings. The highest BCUT2D eigenvalue weighted by Gasteiger charge is 2.26. The van der Waals surface area contributed by atoms with Gasteiger partial charge < -0.3 is 9.47 Å². The smallest absolute Gasteiger partial charge is 0.345 e. The van der Waals surface area contributed by atoms with Gasteiger partial charge in [-0.25, -0.2) is 4.79 Å². The number of hydrogen-bond donors (Lipinski definition) is 0. The number of para-hydroxylation sites is 1. The summed E-state index contributed by atoms with van der Waals surface area (Å²) in [5.74, 6) is -0.0408. The molecule has 2 aromatic rings. The van der Waals surface area contributed by atoms with Gasteiger partial charge >= 0.3 is 5.97 Å². The standard InChI is InChI=1S/C18H17NO3/c1-3-9-15(16-12-7-8-13-19-16)17(21-2)18(20)22-14-10-5-4-6-11-14/h3-13,17H,1H2,2H3. The van der Waals surface area contributed by atoms with Gasteiger partial charge in [0.05, 0.1) is 5.69 Å². The molecule has 0 aliphatic carbocycles. The van der Waals surface area contributed by atoms with Gasteiger partial charge in [-0.15, -0.1) is 0 Å². The molecule has 0 saturated carbocycles. The monoisotopic (exact) mass is 295 g/mol. The zero-order valence-corrected chi connectivity index (χ0v) is 12.3. The highest BCUT2D eigenvalue weighted by atomic mass is 16.6. The van der Waals surface area contributed by atoms with Gasteiger partial charge in [-0.1, -0.05) is 43.0 Å². The Kier molecular flexibility index (Phi) is 5.63. The van der Waals surface area contributed by atoms with Crippen LogP contribution >= 0.6 is 0 Å². The van der Waals surface area contributed by atoms with Crippen molar-refractivity contribution in [3.63, 3.8) is 0 Å². The van der Waals surface area contributed by atoms with Crippen molar-refractivity contribution in [3.8, 4) is 5.75 Å². The second-order valence-corrected chi connectivity index (χ2v) is 4.42. The minimum atomic E-state index is -0.881. The molecule has 22 heavy (non-hydrogen) atoms. The molecule has 0 aliphatic rings. The summed E-state index contributed by atoms with van der Waals surface area (Å²) in [6, 6.07) is 14.3. The summed E-state index contributed by atoms with van der Waals surface area (Å²) < 4.78 is 10.7. The number of nitrogens with zero attached hydrogens (tertiary/aromatic N) is 1. The average Bonchev–Trinajstić information content (AvgIpc) is 2.56. The van der Waals surface area contributed by atoms with Gasteiger partial charge in [0.15, 0.2) is 6.10 Å². The first-order valence-corrected chi connectivity index (χ1v) is 6.80. The number of benzene rings is 1. The Morgan fingerprint density at radius 1 is 1.18 bits per heavy atom. The number of ether oxygens (including phenoxy) is 2. The van der Waals surface area contributed by atoms with Crippen LogP contribution in [0.15, 0.2) is 73.5 Å². The lowest BCUT2D eigenvalue weighted by molar-refractivity contribution is -0.142. The Morgan fingerprint density at radius 2 is 1.91 bits per heavy atom. The fourth-order valence-electron chi connectivity index (χ4n) is 1.98. The molecule has 1 heterocycles. The summed E-state index contributed by atoms with van der Waals surface area (Å²) in [5.41, 5.74) is 1.23. The maximum absolute atomic E-state index is 12.4. The van der Waals surface area contributed by atoms with Gasteiger partial charge in [0.25, 0.3) is 0 Å². The topological polar surface area (TPSA) is 48.4 Å². The van der Waals surface area contributed by atoms with E-state index in [4.69, 9.17) is 9.47 Å². The van der Waals surface area contributed by atoms with E-state index in [1.807, 2.05) is 12.1 Å². The number of allylic oxidation sites excluding steroid dienone is 2. The summed E-state index contributed by atoms with van der Waals surface area (Å²) >= 11 is 0. The largest absolute Gasteiger partial charge is 0.424 e. The molecule has 1 aromatic heterocycles. The molecule has 4 heteroatoms. The lowest BCUT2D eigenvalue weighted by Crippen LogP contribution is -2.29. The normalized spacial score (nSPS) is 12.5. The highest BCUT2D eigenvalue weighted by Crippen LogP contribution is 2.21. The van der Waals surface area contributed by atoms with Crippen molar-refractivity contribution in [2.45, 2.75) is 6.10 Å². The Morgan fingerprint density at radius 3 is 2.50 bits per heavy atom. The van der Waals surface area contributed by atoms with E-state index in [-0.39, 0.29) is 0 Å². The van der Waals surface area contributed by atoms with Crippen LogP contribution in [0, 0.1) is 0 Å². The molecule has 0 spiro atoms. The zero-order chi connectivity index (χ0) is 15.8. The molecular weight excluding hydrogens is 278 g/mol. The fourth-order valence-corrected chi connectivity index (χ4v) is 1.98. The van der Waals surface area contributed by atoms with E-state index in [2.05, 4.69) is 11.6 Å². The van der Waals surface area contributed by atoms with E-state index in [1.165, 1.54) is 7.11 Å². The lowest BCUT2D eigenvalue weighted by Gasteiger charge is -2.17.